The Labute approximate surface area is 99.2 Å². The first-order valence-corrected chi connectivity index (χ1v) is 5.26. The van der Waals surface area contributed by atoms with E-state index in [0.717, 1.165) is 17.1 Å². The van der Waals surface area contributed by atoms with E-state index < -0.39 is 5.91 Å². The number of nitrogens with two attached hydrogens (primary N) is 1. The quantitative estimate of drug-likeness (QED) is 0.838. The van der Waals surface area contributed by atoms with E-state index in [1.54, 1.807) is 18.3 Å². The summed E-state index contributed by atoms with van der Waals surface area (Å²) in [7, 11) is 0. The Morgan fingerprint density at radius 3 is 2.53 bits per heavy atom. The van der Waals surface area contributed by atoms with Crippen molar-refractivity contribution in [2.75, 3.05) is 5.43 Å². The van der Waals surface area contributed by atoms with Gasteiger partial charge < -0.3 is 5.73 Å². The first-order valence-electron chi connectivity index (χ1n) is 5.26. The Kier molecular flexibility index (Phi) is 2.82. The topological polar surface area (TPSA) is 72.9 Å². The number of carbonyl (C=O) groups is 1. The van der Waals surface area contributed by atoms with E-state index in [9.17, 15) is 4.79 Å². The predicted molar refractivity (Wildman–Crippen MR) is 65.7 cm³/mol. The van der Waals surface area contributed by atoms with Crippen LogP contribution in [0.5, 0.6) is 0 Å². The molecule has 0 fully saturated rings. The van der Waals surface area contributed by atoms with Crippen molar-refractivity contribution in [2.45, 2.75) is 13.8 Å². The van der Waals surface area contributed by atoms with Crippen LogP contribution in [-0.2, 0) is 0 Å². The molecule has 0 radical (unpaired) electrons. The molecule has 17 heavy (non-hydrogen) atoms. The molecule has 5 nitrogen and oxygen atoms in total. The number of hydrogen-bond donors (Lipinski definition) is 2. The average Bonchev–Trinajstić information content (AvgIpc) is 2.61. The van der Waals surface area contributed by atoms with E-state index in [0.29, 0.717) is 0 Å². The number of aromatic nitrogens is 2. The molecule has 2 heterocycles. The van der Waals surface area contributed by atoms with Crippen LogP contribution in [0.25, 0.3) is 0 Å². The third-order valence-corrected chi connectivity index (χ3v) is 2.52. The summed E-state index contributed by atoms with van der Waals surface area (Å²) in [6.45, 7) is 3.99. The maximum Gasteiger partial charge on any atom is 0.267 e. The van der Waals surface area contributed by atoms with Crippen LogP contribution >= 0.6 is 0 Å². The lowest BCUT2D eigenvalue weighted by Gasteiger charge is -2.12. The first-order chi connectivity index (χ1) is 8.08. The Balaban J connectivity index is 2.30. The zero-order chi connectivity index (χ0) is 12.4. The molecule has 0 saturated carbocycles. The van der Waals surface area contributed by atoms with Crippen molar-refractivity contribution in [1.29, 1.82) is 0 Å². The molecule has 1 amide bonds. The fourth-order valence-electron chi connectivity index (χ4n) is 1.61. The summed E-state index contributed by atoms with van der Waals surface area (Å²) in [5.74, 6) is -0.533. The minimum atomic E-state index is -0.533. The van der Waals surface area contributed by atoms with Gasteiger partial charge in [-0.1, -0.05) is 0 Å². The third kappa shape index (κ3) is 2.28. The van der Waals surface area contributed by atoms with Gasteiger partial charge in [-0.05, 0) is 38.1 Å². The summed E-state index contributed by atoms with van der Waals surface area (Å²) in [4.78, 5) is 14.9. The largest absolute Gasteiger partial charge is 0.364 e. The van der Waals surface area contributed by atoms with E-state index in [4.69, 9.17) is 5.73 Å². The Bertz CT molecular complexity index is 540. The molecule has 0 aliphatic carbocycles. The normalized spacial score (nSPS) is 10.2. The lowest BCUT2D eigenvalue weighted by molar-refractivity contribution is 0.0995. The van der Waals surface area contributed by atoms with Gasteiger partial charge in [0.1, 0.15) is 5.69 Å². The number of pyridine rings is 1. The van der Waals surface area contributed by atoms with Crippen LogP contribution in [0.4, 0.5) is 5.69 Å². The van der Waals surface area contributed by atoms with Crippen molar-refractivity contribution in [3.05, 3.63) is 47.5 Å². The number of nitrogens with one attached hydrogen (secondary N) is 1. The molecule has 0 aliphatic heterocycles. The van der Waals surface area contributed by atoms with Crippen LogP contribution in [-0.4, -0.2) is 15.6 Å². The number of hydrogen-bond acceptors (Lipinski definition) is 3. The van der Waals surface area contributed by atoms with E-state index in [-0.39, 0.29) is 5.69 Å². The van der Waals surface area contributed by atoms with E-state index in [2.05, 4.69) is 10.4 Å². The van der Waals surface area contributed by atoms with Crippen molar-refractivity contribution >= 4 is 11.6 Å². The monoisotopic (exact) mass is 230 g/mol. The molecule has 2 aromatic rings. The molecule has 0 aliphatic rings. The van der Waals surface area contributed by atoms with Gasteiger partial charge in [-0.15, -0.1) is 0 Å². The summed E-state index contributed by atoms with van der Waals surface area (Å²) in [6, 6.07) is 7.43. The Hall–Kier alpha value is -2.30. The van der Waals surface area contributed by atoms with Crippen molar-refractivity contribution in [3.8, 4) is 0 Å². The van der Waals surface area contributed by atoms with Gasteiger partial charge in [0, 0.05) is 17.6 Å². The molecular formula is C12H14N4O. The lowest BCUT2D eigenvalue weighted by atomic mass is 10.3. The number of aryl methyl sites for hydroxylation is 2. The highest BCUT2D eigenvalue weighted by Gasteiger charge is 2.05. The number of rotatable bonds is 3. The Morgan fingerprint density at radius 2 is 1.94 bits per heavy atom. The second kappa shape index (κ2) is 4.29. The molecule has 0 aromatic carbocycles. The predicted octanol–water partition coefficient (Wildman–Crippen LogP) is 1.47. The lowest BCUT2D eigenvalue weighted by Crippen LogP contribution is -2.15. The maximum absolute atomic E-state index is 11.0. The summed E-state index contributed by atoms with van der Waals surface area (Å²) >= 11 is 0. The molecule has 3 N–H and O–H groups in total. The first kappa shape index (κ1) is 11.2. The van der Waals surface area contributed by atoms with E-state index in [1.807, 2.05) is 30.7 Å². The highest BCUT2D eigenvalue weighted by atomic mass is 16.1. The number of amides is 1. The van der Waals surface area contributed by atoms with Crippen molar-refractivity contribution in [1.82, 2.24) is 9.66 Å². The number of anilines is 1. The number of primary amides is 1. The van der Waals surface area contributed by atoms with Gasteiger partial charge in [0.25, 0.3) is 5.91 Å². The van der Waals surface area contributed by atoms with Crippen LogP contribution in [0.2, 0.25) is 0 Å². The molecule has 0 spiro atoms. The van der Waals surface area contributed by atoms with Gasteiger partial charge >= 0.3 is 0 Å². The van der Waals surface area contributed by atoms with Gasteiger partial charge in [-0.2, -0.15) is 0 Å². The SMILES string of the molecule is Cc1ccc(C)n1Nc1ccnc(C(N)=O)c1. The average molecular weight is 230 g/mol. The zero-order valence-corrected chi connectivity index (χ0v) is 9.77. The highest BCUT2D eigenvalue weighted by molar-refractivity contribution is 5.91. The molecule has 0 saturated heterocycles. The Morgan fingerprint density at radius 1 is 1.29 bits per heavy atom. The third-order valence-electron chi connectivity index (χ3n) is 2.52. The zero-order valence-electron chi connectivity index (χ0n) is 9.77. The molecule has 2 aromatic heterocycles. The van der Waals surface area contributed by atoms with Gasteiger partial charge in [0.2, 0.25) is 0 Å². The highest BCUT2D eigenvalue weighted by Crippen LogP contribution is 2.12. The maximum atomic E-state index is 11.0. The molecular weight excluding hydrogens is 216 g/mol. The molecule has 0 atom stereocenters. The van der Waals surface area contributed by atoms with Gasteiger partial charge in [-0.25, -0.2) is 0 Å². The molecule has 0 bridgehead atoms. The van der Waals surface area contributed by atoms with Gasteiger partial charge in [0.15, 0.2) is 0 Å². The van der Waals surface area contributed by atoms with Crippen LogP contribution in [0, 0.1) is 13.8 Å². The summed E-state index contributed by atoms with van der Waals surface area (Å²) in [5, 5.41) is 0. The van der Waals surface area contributed by atoms with Crippen molar-refractivity contribution < 1.29 is 4.79 Å². The minimum Gasteiger partial charge on any atom is -0.364 e. The van der Waals surface area contributed by atoms with Gasteiger partial charge in [-0.3, -0.25) is 19.9 Å². The molecule has 88 valence electrons. The van der Waals surface area contributed by atoms with E-state index in [1.165, 1.54) is 0 Å². The van der Waals surface area contributed by atoms with Gasteiger partial charge in [0.05, 0.1) is 5.69 Å². The number of nitrogens with zero attached hydrogens (tertiary/aromatic N) is 2. The smallest absolute Gasteiger partial charge is 0.267 e. The molecule has 0 unspecified atom stereocenters. The number of carbonyl (C=O) groups excluding carboxylic acids is 1. The summed E-state index contributed by atoms with van der Waals surface area (Å²) in [5.41, 5.74) is 11.6. The molecule has 5 heteroatoms. The van der Waals surface area contributed by atoms with Crippen LogP contribution in [0.15, 0.2) is 30.5 Å². The standard InChI is InChI=1S/C12H14N4O/c1-8-3-4-9(2)16(8)15-10-5-6-14-11(7-10)12(13)17/h3-7H,1-2H3,(H2,13,17)(H,14,15). The van der Waals surface area contributed by atoms with Crippen LogP contribution in [0.3, 0.4) is 0 Å². The van der Waals surface area contributed by atoms with E-state index >= 15 is 0 Å². The van der Waals surface area contributed by atoms with Crippen LogP contribution in [0.1, 0.15) is 21.9 Å². The second-order valence-corrected chi connectivity index (χ2v) is 3.86. The summed E-state index contributed by atoms with van der Waals surface area (Å²) < 4.78 is 1.93. The summed E-state index contributed by atoms with van der Waals surface area (Å²) in [6.07, 6.45) is 1.55. The molecule has 2 rings (SSSR count). The fourth-order valence-corrected chi connectivity index (χ4v) is 1.61. The second-order valence-electron chi connectivity index (χ2n) is 3.86. The van der Waals surface area contributed by atoms with Crippen molar-refractivity contribution in [2.24, 2.45) is 5.73 Å². The van der Waals surface area contributed by atoms with Crippen LogP contribution < -0.4 is 11.2 Å². The minimum absolute atomic E-state index is 0.248. The fraction of sp³-hybridized carbons (Fsp3) is 0.167. The van der Waals surface area contributed by atoms with Crippen molar-refractivity contribution in [3.63, 3.8) is 0 Å².